The van der Waals surface area contributed by atoms with Crippen molar-refractivity contribution in [2.75, 3.05) is 0 Å². The van der Waals surface area contributed by atoms with Crippen LogP contribution in [-0.4, -0.2) is 9.55 Å². The predicted octanol–water partition coefficient (Wildman–Crippen LogP) is 2.82. The van der Waals surface area contributed by atoms with Crippen molar-refractivity contribution in [1.82, 2.24) is 9.55 Å². The molecule has 0 fully saturated rings. The van der Waals surface area contributed by atoms with Crippen molar-refractivity contribution >= 4 is 0 Å². The predicted molar refractivity (Wildman–Crippen MR) is 64.4 cm³/mol. The minimum atomic E-state index is -0.453. The second kappa shape index (κ2) is 4.26. The lowest BCUT2D eigenvalue weighted by molar-refractivity contribution is 0.490. The van der Waals surface area contributed by atoms with Gasteiger partial charge in [-0.05, 0) is 30.5 Å². The summed E-state index contributed by atoms with van der Waals surface area (Å²) in [5.41, 5.74) is 2.26. The number of nitriles is 1. The van der Waals surface area contributed by atoms with Gasteiger partial charge in [0.25, 0.3) is 0 Å². The van der Waals surface area contributed by atoms with E-state index in [1.54, 1.807) is 12.1 Å². The molecule has 0 saturated carbocycles. The smallest absolute Gasteiger partial charge is 0.140 e. The van der Waals surface area contributed by atoms with Crippen LogP contribution in [0, 0.1) is 17.1 Å². The van der Waals surface area contributed by atoms with Gasteiger partial charge in [-0.25, -0.2) is 9.37 Å². The number of imidazole rings is 1. The molecule has 4 heteroatoms. The maximum absolute atomic E-state index is 13.3. The molecule has 1 aromatic carbocycles. The van der Waals surface area contributed by atoms with Gasteiger partial charge in [0.05, 0.1) is 11.9 Å². The summed E-state index contributed by atoms with van der Waals surface area (Å²) >= 11 is 0. The van der Waals surface area contributed by atoms with E-state index in [0.717, 1.165) is 30.6 Å². The van der Waals surface area contributed by atoms with Crippen LogP contribution in [0.2, 0.25) is 0 Å². The highest BCUT2D eigenvalue weighted by Crippen LogP contribution is 2.33. The lowest BCUT2D eigenvalue weighted by atomic mass is 9.88. The van der Waals surface area contributed by atoms with Gasteiger partial charge in [0.2, 0.25) is 0 Å². The zero-order valence-electron chi connectivity index (χ0n) is 9.81. The van der Waals surface area contributed by atoms with Crippen molar-refractivity contribution in [3.63, 3.8) is 0 Å². The first-order chi connectivity index (χ1) is 8.79. The summed E-state index contributed by atoms with van der Waals surface area (Å²) in [5, 5.41) is 8.89. The summed E-state index contributed by atoms with van der Waals surface area (Å²) in [5.74, 6) is -0.237. The van der Waals surface area contributed by atoms with E-state index in [1.165, 1.54) is 6.07 Å². The van der Waals surface area contributed by atoms with Gasteiger partial charge in [0.1, 0.15) is 11.9 Å². The molecular formula is C14H12FN3. The van der Waals surface area contributed by atoms with Gasteiger partial charge in [-0.15, -0.1) is 0 Å². The van der Waals surface area contributed by atoms with Gasteiger partial charge < -0.3 is 4.57 Å². The molecule has 0 spiro atoms. The van der Waals surface area contributed by atoms with Crippen LogP contribution < -0.4 is 0 Å². The number of aryl methyl sites for hydroxylation is 1. The minimum absolute atomic E-state index is 0.115. The standard InChI is InChI=1S/C14H12FN3/c15-13-4-3-10(6-11(13)7-16)12-2-1-5-18-9-17-8-14(12)18/h3-4,6,8-9,12H,1-2,5H2. The van der Waals surface area contributed by atoms with E-state index in [9.17, 15) is 4.39 Å². The highest BCUT2D eigenvalue weighted by molar-refractivity contribution is 5.38. The molecule has 18 heavy (non-hydrogen) atoms. The van der Waals surface area contributed by atoms with Gasteiger partial charge >= 0.3 is 0 Å². The largest absolute Gasteiger partial charge is 0.334 e. The molecule has 0 radical (unpaired) electrons. The van der Waals surface area contributed by atoms with Crippen molar-refractivity contribution < 1.29 is 4.39 Å². The molecule has 3 rings (SSSR count). The number of hydrogen-bond donors (Lipinski definition) is 0. The average molecular weight is 241 g/mol. The topological polar surface area (TPSA) is 41.6 Å². The molecule has 1 aromatic heterocycles. The number of aromatic nitrogens is 2. The normalized spacial score (nSPS) is 18.1. The fourth-order valence-corrected chi connectivity index (χ4v) is 2.60. The summed E-state index contributed by atoms with van der Waals surface area (Å²) in [4.78, 5) is 4.16. The van der Waals surface area contributed by atoms with Gasteiger partial charge in [-0.3, -0.25) is 0 Å². The summed E-state index contributed by atoms with van der Waals surface area (Å²) in [6.45, 7) is 0.984. The van der Waals surface area contributed by atoms with Crippen LogP contribution >= 0.6 is 0 Å². The van der Waals surface area contributed by atoms with E-state index < -0.39 is 5.82 Å². The third-order valence-corrected chi connectivity index (χ3v) is 3.51. The van der Waals surface area contributed by atoms with Crippen molar-refractivity contribution in [2.24, 2.45) is 0 Å². The second-order valence-electron chi connectivity index (χ2n) is 4.56. The van der Waals surface area contributed by atoms with Crippen LogP contribution in [0.5, 0.6) is 0 Å². The Labute approximate surface area is 105 Å². The Morgan fingerprint density at radius 1 is 1.44 bits per heavy atom. The number of halogens is 1. The number of hydrogen-bond acceptors (Lipinski definition) is 2. The number of rotatable bonds is 1. The Morgan fingerprint density at radius 3 is 3.17 bits per heavy atom. The van der Waals surface area contributed by atoms with E-state index in [0.29, 0.717) is 0 Å². The van der Waals surface area contributed by atoms with Crippen LogP contribution in [0.3, 0.4) is 0 Å². The molecule has 2 heterocycles. The zero-order chi connectivity index (χ0) is 12.5. The molecule has 0 N–H and O–H groups in total. The van der Waals surface area contributed by atoms with Crippen LogP contribution in [0.25, 0.3) is 0 Å². The number of nitrogens with zero attached hydrogens (tertiary/aromatic N) is 3. The van der Waals surface area contributed by atoms with E-state index >= 15 is 0 Å². The number of benzene rings is 1. The Morgan fingerprint density at radius 2 is 2.33 bits per heavy atom. The van der Waals surface area contributed by atoms with Gasteiger partial charge in [-0.2, -0.15) is 5.26 Å². The van der Waals surface area contributed by atoms with Crippen molar-refractivity contribution in [3.05, 3.63) is 53.4 Å². The maximum Gasteiger partial charge on any atom is 0.140 e. The fourth-order valence-electron chi connectivity index (χ4n) is 2.60. The SMILES string of the molecule is N#Cc1cc(C2CCCn3cncc32)ccc1F. The third kappa shape index (κ3) is 1.68. The molecule has 0 bridgehead atoms. The first kappa shape index (κ1) is 11.0. The molecule has 0 amide bonds. The molecule has 90 valence electrons. The monoisotopic (exact) mass is 241 g/mol. The van der Waals surface area contributed by atoms with Crippen molar-refractivity contribution in [2.45, 2.75) is 25.3 Å². The van der Waals surface area contributed by atoms with Crippen LogP contribution in [0.15, 0.2) is 30.7 Å². The Hall–Kier alpha value is -2.15. The Kier molecular flexibility index (Phi) is 2.60. The van der Waals surface area contributed by atoms with Crippen LogP contribution in [0.4, 0.5) is 4.39 Å². The highest BCUT2D eigenvalue weighted by atomic mass is 19.1. The summed E-state index contributed by atoms with van der Waals surface area (Å²) in [6.07, 6.45) is 5.78. The van der Waals surface area contributed by atoms with Crippen LogP contribution in [-0.2, 0) is 6.54 Å². The van der Waals surface area contributed by atoms with Gasteiger partial charge in [0.15, 0.2) is 0 Å². The second-order valence-corrected chi connectivity index (χ2v) is 4.56. The highest BCUT2D eigenvalue weighted by Gasteiger charge is 2.22. The molecule has 1 aliphatic heterocycles. The molecule has 3 nitrogen and oxygen atoms in total. The summed E-state index contributed by atoms with van der Waals surface area (Å²) in [6, 6.07) is 6.70. The molecule has 2 aromatic rings. The Bertz CT molecular complexity index is 624. The summed E-state index contributed by atoms with van der Waals surface area (Å²) < 4.78 is 15.5. The molecule has 0 saturated heterocycles. The van der Waals surface area contributed by atoms with E-state index in [-0.39, 0.29) is 11.5 Å². The molecule has 0 aliphatic carbocycles. The summed E-state index contributed by atoms with van der Waals surface area (Å²) in [7, 11) is 0. The minimum Gasteiger partial charge on any atom is -0.334 e. The van der Waals surface area contributed by atoms with Crippen molar-refractivity contribution in [3.8, 4) is 6.07 Å². The lowest BCUT2D eigenvalue weighted by Crippen LogP contribution is -2.15. The molecular weight excluding hydrogens is 229 g/mol. The quantitative estimate of drug-likeness (QED) is 0.770. The Balaban J connectivity index is 2.05. The molecule has 1 atom stereocenters. The first-order valence-electron chi connectivity index (χ1n) is 5.99. The maximum atomic E-state index is 13.3. The average Bonchev–Trinajstić information content (AvgIpc) is 2.87. The van der Waals surface area contributed by atoms with Crippen molar-refractivity contribution in [1.29, 1.82) is 5.26 Å². The van der Waals surface area contributed by atoms with E-state index in [4.69, 9.17) is 5.26 Å². The number of fused-ring (bicyclic) bond motifs is 1. The molecule has 1 aliphatic rings. The lowest BCUT2D eigenvalue weighted by Gasteiger charge is -2.24. The van der Waals surface area contributed by atoms with Gasteiger partial charge in [-0.1, -0.05) is 6.07 Å². The zero-order valence-corrected chi connectivity index (χ0v) is 9.81. The van der Waals surface area contributed by atoms with Crippen LogP contribution in [0.1, 0.15) is 35.6 Å². The van der Waals surface area contributed by atoms with Gasteiger partial charge in [0, 0.05) is 24.4 Å². The first-order valence-corrected chi connectivity index (χ1v) is 5.99. The third-order valence-electron chi connectivity index (χ3n) is 3.51. The van der Waals surface area contributed by atoms with E-state index in [2.05, 4.69) is 9.55 Å². The fraction of sp³-hybridized carbons (Fsp3) is 0.286. The van der Waals surface area contributed by atoms with E-state index in [1.807, 2.05) is 18.6 Å². The molecule has 1 unspecified atom stereocenters.